The molecule has 9 heteroatoms. The van der Waals surface area contributed by atoms with Crippen molar-refractivity contribution in [3.8, 4) is 23.0 Å². The highest BCUT2D eigenvalue weighted by Crippen LogP contribution is 2.36. The zero-order chi connectivity index (χ0) is 22.4. The molecule has 6 N–H and O–H groups in total. The van der Waals surface area contributed by atoms with Gasteiger partial charge in [-0.25, -0.2) is 5.48 Å². The first kappa shape index (κ1) is 21.3. The molecule has 0 atom stereocenters. The van der Waals surface area contributed by atoms with Crippen molar-refractivity contribution in [2.45, 2.75) is 0 Å². The first-order chi connectivity index (χ1) is 14.9. The number of ether oxygens (including phenoxy) is 2. The molecular formula is C22H20N4O5. The van der Waals surface area contributed by atoms with Crippen LogP contribution in [0.25, 0.3) is 0 Å². The van der Waals surface area contributed by atoms with Crippen LogP contribution in [0.4, 0.5) is 0 Å². The molecule has 158 valence electrons. The van der Waals surface area contributed by atoms with Crippen LogP contribution in [-0.2, 0) is 4.84 Å². The van der Waals surface area contributed by atoms with Crippen LogP contribution in [0.1, 0.15) is 26.3 Å². The zero-order valence-electron chi connectivity index (χ0n) is 16.5. The Hall–Kier alpha value is -4.37. The Kier molecular flexibility index (Phi) is 6.48. The molecule has 0 aliphatic rings. The Morgan fingerprint density at radius 1 is 0.806 bits per heavy atom. The molecule has 0 unspecified atom stereocenters. The van der Waals surface area contributed by atoms with Crippen molar-refractivity contribution in [1.29, 1.82) is 5.41 Å². The van der Waals surface area contributed by atoms with Crippen LogP contribution in [0.3, 0.4) is 0 Å². The second kappa shape index (κ2) is 9.42. The summed E-state index contributed by atoms with van der Waals surface area (Å²) in [7, 11) is 1.33. The van der Waals surface area contributed by atoms with Crippen LogP contribution in [0.15, 0.2) is 66.7 Å². The van der Waals surface area contributed by atoms with Crippen molar-refractivity contribution in [2.24, 2.45) is 11.5 Å². The summed E-state index contributed by atoms with van der Waals surface area (Å²) in [5.74, 6) is 0.214. The van der Waals surface area contributed by atoms with E-state index in [2.05, 4.69) is 10.3 Å². The Bertz CT molecular complexity index is 1130. The molecule has 2 amide bonds. The highest BCUT2D eigenvalue weighted by atomic mass is 16.6. The molecular weight excluding hydrogens is 400 g/mol. The lowest BCUT2D eigenvalue weighted by atomic mass is 10.1. The summed E-state index contributed by atoms with van der Waals surface area (Å²) in [4.78, 5) is 28.2. The number of rotatable bonds is 8. The van der Waals surface area contributed by atoms with Gasteiger partial charge in [-0.3, -0.25) is 19.8 Å². The summed E-state index contributed by atoms with van der Waals surface area (Å²) in [6.07, 6.45) is 0. The number of benzene rings is 3. The van der Waals surface area contributed by atoms with Crippen molar-refractivity contribution in [3.63, 3.8) is 0 Å². The van der Waals surface area contributed by atoms with E-state index in [0.29, 0.717) is 22.8 Å². The van der Waals surface area contributed by atoms with E-state index in [0.717, 1.165) is 0 Å². The number of hydroxylamine groups is 1. The van der Waals surface area contributed by atoms with E-state index in [-0.39, 0.29) is 22.7 Å². The quantitative estimate of drug-likeness (QED) is 0.250. The number of hydrogen-bond donors (Lipinski definition) is 4. The minimum atomic E-state index is -0.584. The van der Waals surface area contributed by atoms with Gasteiger partial charge in [0.15, 0.2) is 11.5 Å². The fraction of sp³-hybridized carbons (Fsp3) is 0.0455. The number of amides is 2. The smallest absolute Gasteiger partial charge is 0.274 e. The molecule has 0 heterocycles. The third-order valence-corrected chi connectivity index (χ3v) is 4.14. The number of nitrogen functional groups attached to an aromatic ring is 1. The molecule has 0 aliphatic carbocycles. The van der Waals surface area contributed by atoms with E-state index in [9.17, 15) is 9.59 Å². The van der Waals surface area contributed by atoms with Crippen molar-refractivity contribution in [3.05, 3.63) is 83.4 Å². The van der Waals surface area contributed by atoms with Gasteiger partial charge in [0.05, 0.1) is 7.11 Å². The number of carbonyl (C=O) groups excluding carboxylic acids is 2. The number of nitrogens with one attached hydrogen (secondary N) is 2. The highest BCUT2D eigenvalue weighted by Gasteiger charge is 2.14. The van der Waals surface area contributed by atoms with Crippen LogP contribution in [-0.4, -0.2) is 24.8 Å². The van der Waals surface area contributed by atoms with Gasteiger partial charge < -0.3 is 20.9 Å². The van der Waals surface area contributed by atoms with Gasteiger partial charge >= 0.3 is 0 Å². The Labute approximate surface area is 178 Å². The summed E-state index contributed by atoms with van der Waals surface area (Å²) in [5, 5.41) is 7.48. The predicted molar refractivity (Wildman–Crippen MR) is 113 cm³/mol. The van der Waals surface area contributed by atoms with Crippen LogP contribution < -0.4 is 26.4 Å². The maximum Gasteiger partial charge on any atom is 0.274 e. The SMILES string of the molecule is CONC(=O)c1ccc(Oc2cccc(C(N)=O)c2)c(Oc2ccc(C(=N)N)cc2)c1. The number of hydrogen-bond acceptors (Lipinski definition) is 6. The summed E-state index contributed by atoms with van der Waals surface area (Å²) in [6, 6.07) is 17.5. The lowest BCUT2D eigenvalue weighted by Gasteiger charge is -2.14. The number of carbonyl (C=O) groups is 2. The fourth-order valence-corrected chi connectivity index (χ4v) is 2.63. The van der Waals surface area contributed by atoms with E-state index in [1.165, 1.54) is 25.3 Å². The van der Waals surface area contributed by atoms with E-state index in [1.54, 1.807) is 48.5 Å². The van der Waals surface area contributed by atoms with Gasteiger partial charge in [0.1, 0.15) is 17.3 Å². The molecule has 0 radical (unpaired) electrons. The topological polar surface area (TPSA) is 150 Å². The monoisotopic (exact) mass is 420 g/mol. The van der Waals surface area contributed by atoms with Gasteiger partial charge in [0.25, 0.3) is 5.91 Å². The van der Waals surface area contributed by atoms with E-state index < -0.39 is 11.8 Å². The van der Waals surface area contributed by atoms with Gasteiger partial charge in [-0.2, -0.15) is 0 Å². The van der Waals surface area contributed by atoms with Crippen LogP contribution >= 0.6 is 0 Å². The second-order valence-electron chi connectivity index (χ2n) is 6.33. The summed E-state index contributed by atoms with van der Waals surface area (Å²) < 4.78 is 11.8. The zero-order valence-corrected chi connectivity index (χ0v) is 16.5. The van der Waals surface area contributed by atoms with Crippen molar-refractivity contribution < 1.29 is 23.9 Å². The maximum atomic E-state index is 12.1. The van der Waals surface area contributed by atoms with Crippen molar-refractivity contribution >= 4 is 17.6 Å². The molecule has 0 saturated heterocycles. The molecule has 3 rings (SSSR count). The van der Waals surface area contributed by atoms with Crippen LogP contribution in [0.2, 0.25) is 0 Å². The molecule has 31 heavy (non-hydrogen) atoms. The molecule has 0 aromatic heterocycles. The van der Waals surface area contributed by atoms with Gasteiger partial charge in [-0.1, -0.05) is 6.07 Å². The molecule has 0 spiro atoms. The van der Waals surface area contributed by atoms with Gasteiger partial charge in [0, 0.05) is 16.7 Å². The van der Waals surface area contributed by atoms with E-state index >= 15 is 0 Å². The summed E-state index contributed by atoms with van der Waals surface area (Å²) in [5.41, 5.74) is 14.1. The average molecular weight is 420 g/mol. The number of amidine groups is 1. The van der Waals surface area contributed by atoms with Crippen molar-refractivity contribution in [1.82, 2.24) is 5.48 Å². The lowest BCUT2D eigenvalue weighted by Crippen LogP contribution is -2.21. The molecule has 0 fully saturated rings. The largest absolute Gasteiger partial charge is 0.453 e. The first-order valence-electron chi connectivity index (χ1n) is 9.05. The molecule has 0 aliphatic heterocycles. The lowest BCUT2D eigenvalue weighted by molar-refractivity contribution is 0.0537. The number of primary amides is 1. The third-order valence-electron chi connectivity index (χ3n) is 4.14. The first-order valence-corrected chi connectivity index (χ1v) is 9.05. The minimum absolute atomic E-state index is 0.0665. The Balaban J connectivity index is 1.95. The highest BCUT2D eigenvalue weighted by molar-refractivity contribution is 5.95. The van der Waals surface area contributed by atoms with Gasteiger partial charge in [0.2, 0.25) is 5.91 Å². The molecule has 3 aromatic rings. The molecule has 0 saturated carbocycles. The van der Waals surface area contributed by atoms with Gasteiger partial charge in [-0.15, -0.1) is 0 Å². The summed E-state index contributed by atoms with van der Waals surface area (Å²) >= 11 is 0. The standard InChI is InChI=1S/C22H20N4O5/c1-29-26-22(28)15-7-10-18(31-17-4-2-3-14(11-17)21(25)27)19(12-15)30-16-8-5-13(6-9-16)20(23)24/h2-12H,1H3,(H3,23,24)(H2,25,27)(H,26,28). The Morgan fingerprint density at radius 2 is 1.48 bits per heavy atom. The molecule has 0 bridgehead atoms. The van der Waals surface area contributed by atoms with Crippen molar-refractivity contribution in [2.75, 3.05) is 7.11 Å². The predicted octanol–water partition coefficient (Wildman–Crippen LogP) is 2.95. The minimum Gasteiger partial charge on any atom is -0.453 e. The molecule has 9 nitrogen and oxygen atoms in total. The maximum absolute atomic E-state index is 12.1. The van der Waals surface area contributed by atoms with Crippen LogP contribution in [0, 0.1) is 5.41 Å². The Morgan fingerprint density at radius 3 is 2.13 bits per heavy atom. The van der Waals surface area contributed by atoms with E-state index in [1.807, 2.05) is 0 Å². The van der Waals surface area contributed by atoms with Crippen LogP contribution in [0.5, 0.6) is 23.0 Å². The second-order valence-corrected chi connectivity index (χ2v) is 6.33. The number of nitrogens with two attached hydrogens (primary N) is 2. The average Bonchev–Trinajstić information content (AvgIpc) is 2.75. The normalized spacial score (nSPS) is 10.2. The van der Waals surface area contributed by atoms with Gasteiger partial charge in [-0.05, 0) is 60.7 Å². The fourth-order valence-electron chi connectivity index (χ4n) is 2.63. The molecule has 3 aromatic carbocycles. The third kappa shape index (κ3) is 5.37. The van der Waals surface area contributed by atoms with E-state index in [4.69, 9.17) is 26.4 Å². The summed E-state index contributed by atoms with van der Waals surface area (Å²) in [6.45, 7) is 0.